The lowest BCUT2D eigenvalue weighted by molar-refractivity contribution is -0.410. The SMILES string of the molecule is C[C@@H]1CCCC[C@@H]1NC(=O)CSc1[nH+]c(N)c(C#N)cc1C#N. The van der Waals surface area contributed by atoms with Gasteiger partial charge in [0.25, 0.3) is 5.82 Å². The Morgan fingerprint density at radius 1 is 1.39 bits per heavy atom. The number of carbonyl (C=O) groups excluding carboxylic acids is 1. The first-order valence-corrected chi connectivity index (χ1v) is 8.62. The topological polar surface area (TPSA) is 117 Å². The first kappa shape index (κ1) is 17.1. The minimum Gasteiger partial charge on any atom is -0.352 e. The zero-order valence-corrected chi connectivity index (χ0v) is 13.9. The zero-order chi connectivity index (χ0) is 16.8. The smallest absolute Gasteiger partial charge is 0.289 e. The van der Waals surface area contributed by atoms with E-state index in [1.807, 2.05) is 12.1 Å². The molecule has 0 spiro atoms. The van der Waals surface area contributed by atoms with Crippen molar-refractivity contribution in [3.8, 4) is 12.1 Å². The molecular formula is C16H20N5OS+. The predicted octanol–water partition coefficient (Wildman–Crippen LogP) is 1.61. The minimum atomic E-state index is -0.0472. The van der Waals surface area contributed by atoms with Gasteiger partial charge in [0.05, 0.1) is 5.75 Å². The number of carbonyl (C=O) groups is 1. The maximum absolute atomic E-state index is 12.1. The average Bonchev–Trinajstić information content (AvgIpc) is 2.55. The summed E-state index contributed by atoms with van der Waals surface area (Å²) in [6, 6.07) is 5.62. The molecule has 1 aromatic rings. The molecule has 4 N–H and O–H groups in total. The number of nitrogens with zero attached hydrogens (tertiary/aromatic N) is 2. The molecule has 0 aliphatic heterocycles. The number of thioether (sulfide) groups is 1. The minimum absolute atomic E-state index is 0.0472. The van der Waals surface area contributed by atoms with E-state index < -0.39 is 0 Å². The Kier molecular flexibility index (Phi) is 5.84. The van der Waals surface area contributed by atoms with Crippen LogP contribution in [0, 0.1) is 28.6 Å². The molecule has 120 valence electrons. The molecule has 0 bridgehead atoms. The van der Waals surface area contributed by atoms with Crippen LogP contribution >= 0.6 is 11.8 Å². The molecule has 1 aromatic heterocycles. The van der Waals surface area contributed by atoms with Gasteiger partial charge in [0.1, 0.15) is 23.3 Å². The lowest BCUT2D eigenvalue weighted by atomic mass is 9.86. The largest absolute Gasteiger partial charge is 0.352 e. The number of rotatable bonds is 4. The van der Waals surface area contributed by atoms with Crippen LogP contribution in [0.25, 0.3) is 0 Å². The van der Waals surface area contributed by atoms with Gasteiger partial charge in [0, 0.05) is 6.04 Å². The molecule has 0 radical (unpaired) electrons. The molecule has 1 amide bonds. The van der Waals surface area contributed by atoms with Crippen molar-refractivity contribution in [3.05, 3.63) is 17.2 Å². The second-order valence-corrected chi connectivity index (χ2v) is 6.77. The van der Waals surface area contributed by atoms with E-state index in [9.17, 15) is 4.79 Å². The number of nitrogen functional groups attached to an aromatic ring is 1. The molecule has 0 unspecified atom stereocenters. The summed E-state index contributed by atoms with van der Waals surface area (Å²) in [6.07, 6.45) is 4.56. The van der Waals surface area contributed by atoms with Crippen molar-refractivity contribution in [1.82, 2.24) is 5.32 Å². The summed E-state index contributed by atoms with van der Waals surface area (Å²) < 4.78 is 0. The van der Waals surface area contributed by atoms with Crippen molar-refractivity contribution in [2.24, 2.45) is 5.92 Å². The number of pyridine rings is 1. The van der Waals surface area contributed by atoms with Crippen LogP contribution in [0.15, 0.2) is 11.1 Å². The van der Waals surface area contributed by atoms with E-state index >= 15 is 0 Å². The number of hydrogen-bond acceptors (Lipinski definition) is 5. The summed E-state index contributed by atoms with van der Waals surface area (Å²) >= 11 is 1.22. The Hall–Kier alpha value is -2.25. The fourth-order valence-corrected chi connectivity index (χ4v) is 3.55. The maximum Gasteiger partial charge on any atom is 0.289 e. The van der Waals surface area contributed by atoms with Crippen LogP contribution in [0.2, 0.25) is 0 Å². The van der Waals surface area contributed by atoms with Gasteiger partial charge >= 0.3 is 0 Å². The van der Waals surface area contributed by atoms with Gasteiger partial charge in [-0.1, -0.05) is 31.5 Å². The third-order valence-corrected chi connectivity index (χ3v) is 5.14. The normalized spacial score (nSPS) is 20.3. The van der Waals surface area contributed by atoms with E-state index in [0.29, 0.717) is 16.5 Å². The zero-order valence-electron chi connectivity index (χ0n) is 13.1. The van der Waals surface area contributed by atoms with E-state index in [2.05, 4.69) is 17.2 Å². The third kappa shape index (κ3) is 4.37. The average molecular weight is 330 g/mol. The van der Waals surface area contributed by atoms with Crippen molar-refractivity contribution in [1.29, 1.82) is 10.5 Å². The highest BCUT2D eigenvalue weighted by atomic mass is 32.2. The van der Waals surface area contributed by atoms with E-state index in [4.69, 9.17) is 16.3 Å². The summed E-state index contributed by atoms with van der Waals surface area (Å²) in [7, 11) is 0. The number of anilines is 1. The number of H-pyrrole nitrogens is 1. The molecule has 2 atom stereocenters. The number of hydrogen-bond donors (Lipinski definition) is 2. The van der Waals surface area contributed by atoms with Gasteiger partial charge in [-0.2, -0.15) is 10.5 Å². The van der Waals surface area contributed by atoms with Crippen molar-refractivity contribution in [3.63, 3.8) is 0 Å². The van der Waals surface area contributed by atoms with Gasteiger partial charge in [-0.15, -0.1) is 0 Å². The van der Waals surface area contributed by atoms with Crippen molar-refractivity contribution in [2.75, 3.05) is 11.5 Å². The number of nitrogens with two attached hydrogens (primary N) is 1. The lowest BCUT2D eigenvalue weighted by Crippen LogP contribution is -2.41. The summed E-state index contributed by atoms with van der Waals surface area (Å²) in [5.74, 6) is 0.869. The van der Waals surface area contributed by atoms with Gasteiger partial charge in [-0.05, 0) is 24.8 Å². The molecule has 1 saturated carbocycles. The number of nitrogens with one attached hydrogen (secondary N) is 2. The maximum atomic E-state index is 12.1. The fourth-order valence-electron chi connectivity index (χ4n) is 2.75. The van der Waals surface area contributed by atoms with E-state index in [-0.39, 0.29) is 29.1 Å². The van der Waals surface area contributed by atoms with Gasteiger partial charge in [-0.3, -0.25) is 10.5 Å². The number of aromatic amines is 1. The standard InChI is InChI=1S/C16H19N5OS/c1-10-4-2-3-5-13(10)20-14(22)9-23-16-12(8-18)6-11(7-17)15(19)21-16/h6,10,13H,2-5,9H2,1H3,(H2,19,21)(H,20,22)/p+1/t10-,13+/m1/s1. The molecule has 23 heavy (non-hydrogen) atoms. The van der Waals surface area contributed by atoms with Crippen LogP contribution in [0.5, 0.6) is 0 Å². The third-order valence-electron chi connectivity index (χ3n) is 4.12. The van der Waals surface area contributed by atoms with Crippen LogP contribution in [-0.2, 0) is 4.79 Å². The van der Waals surface area contributed by atoms with Gasteiger partial charge in [-0.25, -0.2) is 4.98 Å². The molecule has 1 aliphatic carbocycles. The Morgan fingerprint density at radius 3 is 2.74 bits per heavy atom. The van der Waals surface area contributed by atoms with Gasteiger partial charge in [0.2, 0.25) is 5.91 Å². The second-order valence-electron chi connectivity index (χ2n) is 5.79. The fraction of sp³-hybridized carbons (Fsp3) is 0.500. The molecule has 6 nitrogen and oxygen atoms in total. The Morgan fingerprint density at radius 2 is 2.09 bits per heavy atom. The molecule has 1 fully saturated rings. The molecule has 7 heteroatoms. The Balaban J connectivity index is 1.98. The molecule has 0 aromatic carbocycles. The highest BCUT2D eigenvalue weighted by molar-refractivity contribution is 7.99. The number of nitriles is 2. The summed E-state index contributed by atoms with van der Waals surface area (Å²) in [4.78, 5) is 15.0. The first-order chi connectivity index (χ1) is 11.0. The van der Waals surface area contributed by atoms with E-state index in [0.717, 1.165) is 19.3 Å². The van der Waals surface area contributed by atoms with E-state index in [1.54, 1.807) is 0 Å². The lowest BCUT2D eigenvalue weighted by Gasteiger charge is -2.29. The summed E-state index contributed by atoms with van der Waals surface area (Å²) in [5, 5.41) is 21.7. The molecule has 1 aliphatic rings. The number of amides is 1. The molecule has 0 saturated heterocycles. The Bertz CT molecular complexity index is 676. The van der Waals surface area contributed by atoms with Crippen LogP contribution < -0.4 is 16.0 Å². The van der Waals surface area contributed by atoms with Crippen LogP contribution in [0.4, 0.5) is 5.82 Å². The highest BCUT2D eigenvalue weighted by Gasteiger charge is 2.23. The predicted molar refractivity (Wildman–Crippen MR) is 87.1 cm³/mol. The highest BCUT2D eigenvalue weighted by Crippen LogP contribution is 2.24. The quantitative estimate of drug-likeness (QED) is 0.813. The summed E-state index contributed by atoms with van der Waals surface area (Å²) in [5.41, 5.74) is 6.28. The molecule has 2 rings (SSSR count). The van der Waals surface area contributed by atoms with Crippen molar-refractivity contribution in [2.45, 2.75) is 43.7 Å². The van der Waals surface area contributed by atoms with Crippen LogP contribution in [0.1, 0.15) is 43.7 Å². The first-order valence-electron chi connectivity index (χ1n) is 7.63. The number of aromatic nitrogens is 1. The van der Waals surface area contributed by atoms with Crippen LogP contribution in [0.3, 0.4) is 0 Å². The van der Waals surface area contributed by atoms with Crippen molar-refractivity contribution < 1.29 is 9.78 Å². The van der Waals surface area contributed by atoms with Crippen LogP contribution in [-0.4, -0.2) is 17.7 Å². The second kappa shape index (κ2) is 7.85. The molecular weight excluding hydrogens is 310 g/mol. The monoisotopic (exact) mass is 330 g/mol. The molecule has 1 heterocycles. The van der Waals surface area contributed by atoms with Gasteiger partial charge < -0.3 is 5.32 Å². The summed E-state index contributed by atoms with van der Waals surface area (Å²) in [6.45, 7) is 2.17. The van der Waals surface area contributed by atoms with E-state index in [1.165, 1.54) is 24.2 Å². The Labute approximate surface area is 140 Å². The van der Waals surface area contributed by atoms with Crippen molar-refractivity contribution >= 4 is 23.5 Å². The van der Waals surface area contributed by atoms with Gasteiger partial charge in [0.15, 0.2) is 5.03 Å².